The van der Waals surface area contributed by atoms with E-state index >= 15 is 0 Å². The van der Waals surface area contributed by atoms with Gasteiger partial charge in [-0.3, -0.25) is 0 Å². The number of anilines is 1. The van der Waals surface area contributed by atoms with Crippen LogP contribution in [0.2, 0.25) is 0 Å². The largest absolute Gasteiger partial charge is 0.374 e. The summed E-state index contributed by atoms with van der Waals surface area (Å²) in [6.07, 6.45) is 0.997. The first-order valence-electron chi connectivity index (χ1n) is 5.87. The molecule has 0 spiro atoms. The summed E-state index contributed by atoms with van der Waals surface area (Å²) in [4.78, 5) is 2.30. The standard InChI is InChI=1S/C14H24N2/c1-11-7-6-8-12(2)13(11)16(5)10-9-14(3,4)15/h6-8H,9-10,15H2,1-5H3. The fourth-order valence-electron chi connectivity index (χ4n) is 1.98. The van der Waals surface area contributed by atoms with E-state index in [2.05, 4.69) is 57.8 Å². The third-order valence-electron chi connectivity index (χ3n) is 2.91. The number of para-hydroxylation sites is 1. The molecule has 1 aromatic rings. The molecule has 1 rings (SSSR count). The molecule has 0 unspecified atom stereocenters. The first-order chi connectivity index (χ1) is 7.31. The van der Waals surface area contributed by atoms with Crippen LogP contribution >= 0.6 is 0 Å². The third kappa shape index (κ3) is 3.53. The Morgan fingerprint density at radius 2 is 1.69 bits per heavy atom. The molecule has 0 aliphatic heterocycles. The highest BCUT2D eigenvalue weighted by molar-refractivity contribution is 5.58. The lowest BCUT2D eigenvalue weighted by atomic mass is 10.0. The van der Waals surface area contributed by atoms with E-state index in [1.807, 2.05) is 0 Å². The molecule has 0 bridgehead atoms. The first kappa shape index (κ1) is 13.0. The van der Waals surface area contributed by atoms with Crippen LogP contribution in [0.4, 0.5) is 5.69 Å². The summed E-state index contributed by atoms with van der Waals surface area (Å²) in [6, 6.07) is 6.42. The SMILES string of the molecule is Cc1cccc(C)c1N(C)CCC(C)(C)N. The van der Waals surface area contributed by atoms with Crippen LogP contribution in [0, 0.1) is 13.8 Å². The Labute approximate surface area is 99.5 Å². The van der Waals surface area contributed by atoms with Gasteiger partial charge in [-0.1, -0.05) is 18.2 Å². The lowest BCUT2D eigenvalue weighted by Crippen LogP contribution is -2.36. The van der Waals surface area contributed by atoms with Crippen molar-refractivity contribution in [2.75, 3.05) is 18.5 Å². The fraction of sp³-hybridized carbons (Fsp3) is 0.571. The number of nitrogens with two attached hydrogens (primary N) is 1. The summed E-state index contributed by atoms with van der Waals surface area (Å²) in [6.45, 7) is 9.46. The van der Waals surface area contributed by atoms with E-state index in [1.165, 1.54) is 16.8 Å². The molecule has 90 valence electrons. The lowest BCUT2D eigenvalue weighted by Gasteiger charge is -2.27. The average molecular weight is 220 g/mol. The Balaban J connectivity index is 2.77. The third-order valence-corrected chi connectivity index (χ3v) is 2.91. The van der Waals surface area contributed by atoms with Crippen LogP contribution < -0.4 is 10.6 Å². The van der Waals surface area contributed by atoms with Crippen molar-refractivity contribution in [3.63, 3.8) is 0 Å². The molecule has 2 N–H and O–H groups in total. The van der Waals surface area contributed by atoms with Gasteiger partial charge in [0.2, 0.25) is 0 Å². The maximum atomic E-state index is 6.01. The Morgan fingerprint density at radius 1 is 1.19 bits per heavy atom. The molecule has 2 heteroatoms. The zero-order chi connectivity index (χ0) is 12.3. The van der Waals surface area contributed by atoms with Crippen molar-refractivity contribution in [3.05, 3.63) is 29.3 Å². The van der Waals surface area contributed by atoms with Gasteiger partial charge in [0.25, 0.3) is 0 Å². The van der Waals surface area contributed by atoms with E-state index in [4.69, 9.17) is 5.73 Å². The van der Waals surface area contributed by atoms with Crippen molar-refractivity contribution < 1.29 is 0 Å². The molecule has 0 radical (unpaired) electrons. The van der Waals surface area contributed by atoms with Gasteiger partial charge in [-0.05, 0) is 45.2 Å². The van der Waals surface area contributed by atoms with Crippen LogP contribution in [-0.2, 0) is 0 Å². The minimum atomic E-state index is -0.0924. The van der Waals surface area contributed by atoms with Crippen LogP contribution in [0.15, 0.2) is 18.2 Å². The quantitative estimate of drug-likeness (QED) is 0.845. The van der Waals surface area contributed by atoms with Crippen molar-refractivity contribution in [1.29, 1.82) is 0 Å². The van der Waals surface area contributed by atoms with Gasteiger partial charge in [0, 0.05) is 24.8 Å². The van der Waals surface area contributed by atoms with Crippen LogP contribution in [0.3, 0.4) is 0 Å². The molecule has 2 nitrogen and oxygen atoms in total. The summed E-state index contributed by atoms with van der Waals surface area (Å²) in [5, 5.41) is 0. The minimum absolute atomic E-state index is 0.0924. The lowest BCUT2D eigenvalue weighted by molar-refractivity contribution is 0.479. The van der Waals surface area contributed by atoms with E-state index in [0.29, 0.717) is 0 Å². The number of benzene rings is 1. The zero-order valence-electron chi connectivity index (χ0n) is 11.2. The van der Waals surface area contributed by atoms with Crippen molar-refractivity contribution >= 4 is 5.69 Å². The molecule has 0 saturated carbocycles. The maximum absolute atomic E-state index is 6.01. The Hall–Kier alpha value is -1.02. The second-order valence-electron chi connectivity index (χ2n) is 5.40. The summed E-state index contributed by atoms with van der Waals surface area (Å²) < 4.78 is 0. The van der Waals surface area contributed by atoms with Crippen LogP contribution in [-0.4, -0.2) is 19.1 Å². The van der Waals surface area contributed by atoms with E-state index in [0.717, 1.165) is 13.0 Å². The number of hydrogen-bond donors (Lipinski definition) is 1. The van der Waals surface area contributed by atoms with Gasteiger partial charge in [0.1, 0.15) is 0 Å². The topological polar surface area (TPSA) is 29.3 Å². The zero-order valence-corrected chi connectivity index (χ0v) is 11.2. The van der Waals surface area contributed by atoms with Gasteiger partial charge in [-0.25, -0.2) is 0 Å². The highest BCUT2D eigenvalue weighted by Crippen LogP contribution is 2.23. The smallest absolute Gasteiger partial charge is 0.0423 e. The van der Waals surface area contributed by atoms with E-state index in [-0.39, 0.29) is 5.54 Å². The Bertz CT molecular complexity index is 330. The molecule has 16 heavy (non-hydrogen) atoms. The Kier molecular flexibility index (Phi) is 3.98. The number of hydrogen-bond acceptors (Lipinski definition) is 2. The van der Waals surface area contributed by atoms with E-state index < -0.39 is 0 Å². The van der Waals surface area contributed by atoms with Crippen molar-refractivity contribution in [2.24, 2.45) is 5.73 Å². The van der Waals surface area contributed by atoms with Crippen LogP contribution in [0.1, 0.15) is 31.4 Å². The van der Waals surface area contributed by atoms with Gasteiger partial charge < -0.3 is 10.6 Å². The molecular formula is C14H24N2. The number of rotatable bonds is 4. The number of nitrogens with zero attached hydrogens (tertiary/aromatic N) is 1. The summed E-state index contributed by atoms with van der Waals surface area (Å²) >= 11 is 0. The normalized spacial score (nSPS) is 11.6. The van der Waals surface area contributed by atoms with Gasteiger partial charge >= 0.3 is 0 Å². The second kappa shape index (κ2) is 4.88. The molecule has 1 aromatic carbocycles. The molecule has 0 amide bonds. The van der Waals surface area contributed by atoms with Gasteiger partial charge in [0.05, 0.1) is 0 Å². The molecule has 0 aromatic heterocycles. The van der Waals surface area contributed by atoms with Crippen LogP contribution in [0.25, 0.3) is 0 Å². The minimum Gasteiger partial charge on any atom is -0.374 e. The molecule has 0 aliphatic rings. The summed E-state index contributed by atoms with van der Waals surface area (Å²) in [5.41, 5.74) is 9.92. The highest BCUT2D eigenvalue weighted by atomic mass is 15.1. The molecule has 0 fully saturated rings. The van der Waals surface area contributed by atoms with Crippen molar-refractivity contribution in [1.82, 2.24) is 0 Å². The van der Waals surface area contributed by atoms with E-state index in [1.54, 1.807) is 0 Å². The predicted octanol–water partition coefficient (Wildman–Crippen LogP) is 2.87. The molecule has 0 aliphatic carbocycles. The van der Waals surface area contributed by atoms with Gasteiger partial charge in [-0.15, -0.1) is 0 Å². The molecule has 0 atom stereocenters. The Morgan fingerprint density at radius 3 is 2.12 bits per heavy atom. The molecule has 0 heterocycles. The maximum Gasteiger partial charge on any atom is 0.0423 e. The molecular weight excluding hydrogens is 196 g/mol. The predicted molar refractivity (Wildman–Crippen MR) is 72.1 cm³/mol. The fourth-order valence-corrected chi connectivity index (χ4v) is 1.98. The second-order valence-corrected chi connectivity index (χ2v) is 5.40. The van der Waals surface area contributed by atoms with E-state index in [9.17, 15) is 0 Å². The monoisotopic (exact) mass is 220 g/mol. The van der Waals surface area contributed by atoms with Crippen molar-refractivity contribution in [2.45, 2.75) is 39.7 Å². The van der Waals surface area contributed by atoms with Crippen LogP contribution in [0.5, 0.6) is 0 Å². The summed E-state index contributed by atoms with van der Waals surface area (Å²) in [5.74, 6) is 0. The van der Waals surface area contributed by atoms with Gasteiger partial charge in [0.15, 0.2) is 0 Å². The average Bonchev–Trinajstić information content (AvgIpc) is 2.13. The highest BCUT2D eigenvalue weighted by Gasteiger charge is 2.13. The van der Waals surface area contributed by atoms with Gasteiger partial charge in [-0.2, -0.15) is 0 Å². The summed E-state index contributed by atoms with van der Waals surface area (Å²) in [7, 11) is 2.14. The number of aryl methyl sites for hydroxylation is 2. The van der Waals surface area contributed by atoms with Crippen molar-refractivity contribution in [3.8, 4) is 0 Å². The molecule has 0 saturated heterocycles. The first-order valence-corrected chi connectivity index (χ1v) is 5.87.